The number of unbranched alkanes of at least 4 members (excludes halogenated alkanes) is 39. The molecule has 356 valence electrons. The van der Waals surface area contributed by atoms with Gasteiger partial charge in [0, 0.05) is 12.8 Å². The number of hydrogen-bond acceptors (Lipinski definition) is 5. The normalized spacial score (nSPS) is 12.7. The van der Waals surface area contributed by atoms with Crippen molar-refractivity contribution >= 4 is 11.9 Å². The highest BCUT2D eigenvalue weighted by Gasteiger charge is 2.18. The first-order chi connectivity index (χ1) is 29.5. The Morgan fingerprint density at radius 2 is 0.767 bits per heavy atom. The molecule has 0 spiro atoms. The summed E-state index contributed by atoms with van der Waals surface area (Å²) in [5, 5.41) is 23.1. The molecule has 0 aliphatic heterocycles. The van der Waals surface area contributed by atoms with E-state index in [-0.39, 0.29) is 18.5 Å². The lowest BCUT2D eigenvalue weighted by Crippen LogP contribution is -2.45. The van der Waals surface area contributed by atoms with Crippen molar-refractivity contribution in [2.24, 2.45) is 0 Å². The Morgan fingerprint density at radius 1 is 0.450 bits per heavy atom. The largest absolute Gasteiger partial charge is 0.466 e. The van der Waals surface area contributed by atoms with Crippen molar-refractivity contribution in [2.75, 3.05) is 13.2 Å². The van der Waals surface area contributed by atoms with Crippen LogP contribution in [0.25, 0.3) is 0 Å². The molecule has 0 aromatic rings. The molecule has 0 aromatic carbocycles. The third-order valence-electron chi connectivity index (χ3n) is 12.6. The number of aliphatic hydroxyl groups excluding tert-OH is 2. The van der Waals surface area contributed by atoms with Crippen LogP contribution in [0.4, 0.5) is 0 Å². The molecule has 3 N–H and O–H groups in total. The lowest BCUT2D eigenvalue weighted by atomic mass is 10.0. The van der Waals surface area contributed by atoms with Gasteiger partial charge in [-0.15, -0.1) is 0 Å². The number of esters is 1. The molecule has 0 rings (SSSR count). The Morgan fingerprint density at radius 3 is 1.13 bits per heavy atom. The maximum atomic E-state index is 12.4. The van der Waals surface area contributed by atoms with Gasteiger partial charge in [-0.1, -0.05) is 264 Å². The first kappa shape index (κ1) is 58.6. The zero-order chi connectivity index (χ0) is 43.7. The number of rotatable bonds is 50. The van der Waals surface area contributed by atoms with Gasteiger partial charge in [-0.3, -0.25) is 9.59 Å². The van der Waals surface area contributed by atoms with Crippen LogP contribution < -0.4 is 5.32 Å². The molecule has 0 fully saturated rings. The highest BCUT2D eigenvalue weighted by Crippen LogP contribution is 2.17. The highest BCUT2D eigenvalue weighted by atomic mass is 16.5. The number of allylic oxidation sites excluding steroid dienone is 1. The minimum absolute atomic E-state index is 0.00131. The predicted molar refractivity (Wildman–Crippen MR) is 260 cm³/mol. The minimum Gasteiger partial charge on any atom is -0.466 e. The number of aliphatic hydroxyl groups is 2. The van der Waals surface area contributed by atoms with E-state index in [9.17, 15) is 19.8 Å². The van der Waals surface area contributed by atoms with Gasteiger partial charge in [0.25, 0.3) is 0 Å². The van der Waals surface area contributed by atoms with Crippen LogP contribution in [0.5, 0.6) is 0 Å². The molecular weight excluding hydrogens is 743 g/mol. The smallest absolute Gasteiger partial charge is 0.305 e. The fourth-order valence-electron chi connectivity index (χ4n) is 8.40. The predicted octanol–water partition coefficient (Wildman–Crippen LogP) is 16.1. The van der Waals surface area contributed by atoms with Gasteiger partial charge in [-0.25, -0.2) is 0 Å². The zero-order valence-electron chi connectivity index (χ0n) is 40.5. The summed E-state index contributed by atoms with van der Waals surface area (Å²) in [5.74, 6) is -0.0736. The summed E-state index contributed by atoms with van der Waals surface area (Å²) in [6, 6.07) is -0.633. The number of carbonyl (C=O) groups is 2. The summed E-state index contributed by atoms with van der Waals surface area (Å²) in [6.07, 6.45) is 57.8. The molecule has 60 heavy (non-hydrogen) atoms. The highest BCUT2D eigenvalue weighted by molar-refractivity contribution is 5.76. The maximum absolute atomic E-state index is 12.4. The van der Waals surface area contributed by atoms with Gasteiger partial charge in [0.2, 0.25) is 5.91 Å². The van der Waals surface area contributed by atoms with Crippen LogP contribution in [0.2, 0.25) is 0 Å². The van der Waals surface area contributed by atoms with Crippen LogP contribution in [0.3, 0.4) is 0 Å². The van der Waals surface area contributed by atoms with E-state index >= 15 is 0 Å². The van der Waals surface area contributed by atoms with Crippen molar-refractivity contribution in [3.05, 3.63) is 12.2 Å². The van der Waals surface area contributed by atoms with Crippen LogP contribution in [-0.2, 0) is 14.3 Å². The molecule has 0 heterocycles. The molecule has 0 aliphatic carbocycles. The molecule has 6 heteroatoms. The summed E-state index contributed by atoms with van der Waals surface area (Å²) in [6.45, 7) is 4.90. The average molecular weight is 848 g/mol. The lowest BCUT2D eigenvalue weighted by molar-refractivity contribution is -0.143. The van der Waals surface area contributed by atoms with Crippen molar-refractivity contribution in [1.82, 2.24) is 5.32 Å². The fraction of sp³-hybridized carbons (Fsp3) is 0.926. The maximum Gasteiger partial charge on any atom is 0.305 e. The number of amides is 1. The number of hydrogen-bond donors (Lipinski definition) is 3. The SMILES string of the molecule is CCCCCCCCCCCCCCC/C=C/C(O)C(CO)NC(=O)CCCCCCCCCCCCCCCCCOC(=O)CCCCCCCCCCCCCCC. The zero-order valence-corrected chi connectivity index (χ0v) is 40.5. The summed E-state index contributed by atoms with van der Waals surface area (Å²) in [4.78, 5) is 24.4. The molecule has 0 aliphatic rings. The van der Waals surface area contributed by atoms with Gasteiger partial charge in [-0.05, 0) is 32.1 Å². The van der Waals surface area contributed by atoms with E-state index in [0.717, 1.165) is 44.9 Å². The van der Waals surface area contributed by atoms with E-state index in [1.165, 1.54) is 225 Å². The van der Waals surface area contributed by atoms with Crippen molar-refractivity contribution in [1.29, 1.82) is 0 Å². The van der Waals surface area contributed by atoms with Gasteiger partial charge < -0.3 is 20.3 Å². The molecule has 6 nitrogen and oxygen atoms in total. The second kappa shape index (κ2) is 50.2. The van der Waals surface area contributed by atoms with Gasteiger partial charge in [0.15, 0.2) is 0 Å². The first-order valence-electron chi connectivity index (χ1n) is 27.0. The van der Waals surface area contributed by atoms with Gasteiger partial charge in [0.1, 0.15) is 0 Å². The molecule has 2 atom stereocenters. The van der Waals surface area contributed by atoms with Crippen LogP contribution in [-0.4, -0.2) is 47.4 Å². The Hall–Kier alpha value is -1.40. The van der Waals surface area contributed by atoms with Gasteiger partial charge >= 0.3 is 5.97 Å². The van der Waals surface area contributed by atoms with Crippen molar-refractivity contribution in [3.8, 4) is 0 Å². The standard InChI is InChI=1S/C54H105NO5/c1-3-5-7-9-11-13-15-17-19-23-26-30-34-38-42-46-52(57)51(50-56)55-53(58)47-43-39-35-31-27-24-20-18-21-25-29-33-37-41-45-49-60-54(59)48-44-40-36-32-28-22-16-14-12-10-8-6-4-2/h42,46,51-52,56-57H,3-41,43-45,47-50H2,1-2H3,(H,55,58)/b46-42+. The third kappa shape index (κ3) is 46.1. The Balaban J connectivity index is 3.45. The van der Waals surface area contributed by atoms with E-state index < -0.39 is 12.1 Å². The summed E-state index contributed by atoms with van der Waals surface area (Å²) >= 11 is 0. The molecule has 0 bridgehead atoms. The molecule has 2 unspecified atom stereocenters. The van der Waals surface area contributed by atoms with E-state index in [1.54, 1.807) is 6.08 Å². The Labute approximate surface area is 374 Å². The Bertz CT molecular complexity index is 893. The van der Waals surface area contributed by atoms with Crippen molar-refractivity contribution < 1.29 is 24.5 Å². The average Bonchev–Trinajstić information content (AvgIpc) is 3.25. The topological polar surface area (TPSA) is 95.9 Å². The van der Waals surface area contributed by atoms with E-state index in [0.29, 0.717) is 19.4 Å². The molecular formula is C54H105NO5. The van der Waals surface area contributed by atoms with E-state index in [2.05, 4.69) is 19.2 Å². The fourth-order valence-corrected chi connectivity index (χ4v) is 8.40. The van der Waals surface area contributed by atoms with E-state index in [1.807, 2.05) is 6.08 Å². The first-order valence-corrected chi connectivity index (χ1v) is 27.0. The second-order valence-electron chi connectivity index (χ2n) is 18.6. The molecule has 0 radical (unpaired) electrons. The van der Waals surface area contributed by atoms with Crippen LogP contribution in [0, 0.1) is 0 Å². The minimum atomic E-state index is -0.848. The van der Waals surface area contributed by atoms with Gasteiger partial charge in [-0.2, -0.15) is 0 Å². The number of carbonyl (C=O) groups excluding carboxylic acids is 2. The Kier molecular flexibility index (Phi) is 49.1. The molecule has 1 amide bonds. The van der Waals surface area contributed by atoms with Crippen molar-refractivity contribution in [3.63, 3.8) is 0 Å². The summed E-state index contributed by atoms with van der Waals surface area (Å²) in [5.41, 5.74) is 0. The molecule has 0 saturated carbocycles. The van der Waals surface area contributed by atoms with Gasteiger partial charge in [0.05, 0.1) is 25.4 Å². The monoisotopic (exact) mass is 848 g/mol. The molecule has 0 aromatic heterocycles. The summed E-state index contributed by atoms with van der Waals surface area (Å²) in [7, 11) is 0. The van der Waals surface area contributed by atoms with Crippen LogP contribution >= 0.6 is 0 Å². The van der Waals surface area contributed by atoms with Crippen molar-refractivity contribution in [2.45, 2.75) is 309 Å². The lowest BCUT2D eigenvalue weighted by Gasteiger charge is -2.20. The quantitative estimate of drug-likeness (QED) is 0.0322. The summed E-state index contributed by atoms with van der Waals surface area (Å²) < 4.78 is 5.46. The number of nitrogens with one attached hydrogen (secondary N) is 1. The van der Waals surface area contributed by atoms with E-state index in [4.69, 9.17) is 4.74 Å². The van der Waals surface area contributed by atoms with Crippen LogP contribution in [0.15, 0.2) is 12.2 Å². The molecule has 0 saturated heterocycles. The van der Waals surface area contributed by atoms with Crippen LogP contribution in [0.1, 0.15) is 296 Å². The third-order valence-corrected chi connectivity index (χ3v) is 12.6. The second-order valence-corrected chi connectivity index (χ2v) is 18.6. The number of ether oxygens (including phenoxy) is 1.